The molecule has 3 aromatic heterocycles. The van der Waals surface area contributed by atoms with Crippen molar-refractivity contribution in [1.29, 1.82) is 0 Å². The summed E-state index contributed by atoms with van der Waals surface area (Å²) >= 11 is 1.35. The number of nitrogens with zero attached hydrogens (tertiary/aromatic N) is 5. The number of para-hydroxylation sites is 1. The topological polar surface area (TPSA) is 74.2 Å². The van der Waals surface area contributed by atoms with Crippen molar-refractivity contribution in [2.45, 2.75) is 52.4 Å². The molecule has 0 aliphatic rings. The van der Waals surface area contributed by atoms with Gasteiger partial charge in [-0.2, -0.15) is 0 Å². The maximum absolute atomic E-state index is 12.9. The number of aryl methyl sites for hydroxylation is 2. The van der Waals surface area contributed by atoms with Gasteiger partial charge >= 0.3 is 0 Å². The molecular formula is C22H25N5O2S. The van der Waals surface area contributed by atoms with Gasteiger partial charge in [-0.05, 0) is 45.4 Å². The Hall–Kier alpha value is -2.87. The summed E-state index contributed by atoms with van der Waals surface area (Å²) in [5.41, 5.74) is 3.53. The van der Waals surface area contributed by atoms with Crippen LogP contribution >= 0.6 is 11.8 Å². The highest BCUT2D eigenvalue weighted by molar-refractivity contribution is 7.99. The van der Waals surface area contributed by atoms with Gasteiger partial charge < -0.3 is 4.57 Å². The number of Topliss-reactive ketones (excluding diaryl/α,β-unsaturated/α-hetero) is 1. The molecule has 0 unspecified atom stereocenters. The zero-order valence-corrected chi connectivity index (χ0v) is 18.5. The fourth-order valence-corrected chi connectivity index (χ4v) is 4.85. The number of fused-ring (bicyclic) bond motifs is 3. The molecule has 4 aromatic rings. The number of benzene rings is 1. The standard InChI is InChI=1S/C22H25N5O2S/c1-5-11-26-20(29)16-9-7-8-10-18(16)27-21(26)23-24-22(27)30-13-19(28)17-12-14(3)25(6-2)15(17)4/h7-10,12H,5-6,11,13H2,1-4H3. The number of hydrogen-bond acceptors (Lipinski definition) is 5. The Balaban J connectivity index is 1.74. The summed E-state index contributed by atoms with van der Waals surface area (Å²) in [5.74, 6) is 0.839. The van der Waals surface area contributed by atoms with Crippen molar-refractivity contribution in [3.8, 4) is 0 Å². The van der Waals surface area contributed by atoms with Gasteiger partial charge in [0.2, 0.25) is 5.78 Å². The predicted molar refractivity (Wildman–Crippen MR) is 120 cm³/mol. The summed E-state index contributed by atoms with van der Waals surface area (Å²) < 4.78 is 5.69. The van der Waals surface area contributed by atoms with Crippen molar-refractivity contribution >= 4 is 34.2 Å². The molecule has 4 rings (SSSR count). The lowest BCUT2D eigenvalue weighted by Gasteiger charge is -2.10. The lowest BCUT2D eigenvalue weighted by molar-refractivity contribution is 0.102. The van der Waals surface area contributed by atoms with Crippen LogP contribution in [0.4, 0.5) is 0 Å². The molecule has 0 atom stereocenters. The smallest absolute Gasteiger partial charge is 0.262 e. The molecule has 0 spiro atoms. The minimum Gasteiger partial charge on any atom is -0.349 e. The first kappa shape index (κ1) is 20.4. The Morgan fingerprint density at radius 3 is 2.57 bits per heavy atom. The average Bonchev–Trinajstić information content (AvgIpc) is 3.29. The Bertz CT molecular complexity index is 1310. The number of carbonyl (C=O) groups is 1. The van der Waals surface area contributed by atoms with Crippen molar-refractivity contribution in [2.24, 2.45) is 0 Å². The third-order valence-electron chi connectivity index (χ3n) is 5.45. The molecule has 0 amide bonds. The first-order valence-corrected chi connectivity index (χ1v) is 11.2. The Morgan fingerprint density at radius 2 is 1.87 bits per heavy atom. The largest absolute Gasteiger partial charge is 0.349 e. The molecular weight excluding hydrogens is 398 g/mol. The van der Waals surface area contributed by atoms with E-state index in [1.54, 1.807) is 4.57 Å². The third-order valence-corrected chi connectivity index (χ3v) is 6.38. The van der Waals surface area contributed by atoms with E-state index in [2.05, 4.69) is 21.7 Å². The number of rotatable bonds is 7. The van der Waals surface area contributed by atoms with Crippen LogP contribution in [-0.4, -0.2) is 35.3 Å². The quantitative estimate of drug-likeness (QED) is 0.333. The first-order chi connectivity index (χ1) is 14.5. The van der Waals surface area contributed by atoms with Crippen LogP contribution in [0.25, 0.3) is 16.7 Å². The van der Waals surface area contributed by atoms with E-state index >= 15 is 0 Å². The maximum atomic E-state index is 12.9. The van der Waals surface area contributed by atoms with Gasteiger partial charge in [0, 0.05) is 30.0 Å². The van der Waals surface area contributed by atoms with Crippen LogP contribution in [0.1, 0.15) is 42.0 Å². The molecule has 30 heavy (non-hydrogen) atoms. The summed E-state index contributed by atoms with van der Waals surface area (Å²) in [4.78, 5) is 25.8. The zero-order valence-electron chi connectivity index (χ0n) is 17.7. The summed E-state index contributed by atoms with van der Waals surface area (Å²) in [6.07, 6.45) is 0.814. The maximum Gasteiger partial charge on any atom is 0.262 e. The van der Waals surface area contributed by atoms with E-state index in [-0.39, 0.29) is 17.1 Å². The van der Waals surface area contributed by atoms with E-state index in [9.17, 15) is 9.59 Å². The molecule has 0 aliphatic carbocycles. The lowest BCUT2D eigenvalue weighted by atomic mass is 10.2. The molecule has 0 bridgehead atoms. The van der Waals surface area contributed by atoms with Crippen LogP contribution in [0.2, 0.25) is 0 Å². The molecule has 0 saturated carbocycles. The molecule has 0 saturated heterocycles. The highest BCUT2D eigenvalue weighted by atomic mass is 32.2. The van der Waals surface area contributed by atoms with Gasteiger partial charge in [-0.3, -0.25) is 18.6 Å². The number of carbonyl (C=O) groups excluding carboxylic acids is 1. The van der Waals surface area contributed by atoms with Crippen LogP contribution < -0.4 is 5.56 Å². The molecule has 8 heteroatoms. The molecule has 3 heterocycles. The predicted octanol–water partition coefficient (Wildman–Crippen LogP) is 3.87. The SMILES string of the molecule is CCCn1c(=O)c2ccccc2n2c(SCC(=O)c3cc(C)n(CC)c3C)nnc12. The number of aromatic nitrogens is 5. The second kappa shape index (κ2) is 8.10. The summed E-state index contributed by atoms with van der Waals surface area (Å²) in [6.45, 7) is 9.51. The number of thioether (sulfide) groups is 1. The van der Waals surface area contributed by atoms with Crippen molar-refractivity contribution in [3.63, 3.8) is 0 Å². The van der Waals surface area contributed by atoms with E-state index in [1.807, 2.05) is 55.5 Å². The van der Waals surface area contributed by atoms with Gasteiger partial charge in [-0.15, -0.1) is 10.2 Å². The monoisotopic (exact) mass is 423 g/mol. The van der Waals surface area contributed by atoms with Crippen LogP contribution in [0.15, 0.2) is 40.3 Å². The van der Waals surface area contributed by atoms with E-state index < -0.39 is 0 Å². The second-order valence-electron chi connectivity index (χ2n) is 7.33. The van der Waals surface area contributed by atoms with Gasteiger partial charge in [-0.25, -0.2) is 0 Å². The highest BCUT2D eigenvalue weighted by Crippen LogP contribution is 2.24. The number of ketones is 1. The van der Waals surface area contributed by atoms with Gasteiger partial charge in [0.05, 0.1) is 16.7 Å². The average molecular weight is 424 g/mol. The first-order valence-electron chi connectivity index (χ1n) is 10.2. The highest BCUT2D eigenvalue weighted by Gasteiger charge is 2.19. The Labute approximate surface area is 178 Å². The van der Waals surface area contributed by atoms with E-state index in [0.717, 1.165) is 35.4 Å². The summed E-state index contributed by atoms with van der Waals surface area (Å²) in [5, 5.41) is 9.84. The minimum absolute atomic E-state index is 0.0630. The molecule has 0 radical (unpaired) electrons. The van der Waals surface area contributed by atoms with Gasteiger partial charge in [-0.1, -0.05) is 30.8 Å². The molecule has 7 nitrogen and oxygen atoms in total. The molecule has 0 fully saturated rings. The van der Waals surface area contributed by atoms with Crippen LogP contribution in [-0.2, 0) is 13.1 Å². The van der Waals surface area contributed by atoms with E-state index in [4.69, 9.17) is 0 Å². The second-order valence-corrected chi connectivity index (χ2v) is 8.28. The molecule has 0 N–H and O–H groups in total. The van der Waals surface area contributed by atoms with Crippen LogP contribution in [0.5, 0.6) is 0 Å². The zero-order chi connectivity index (χ0) is 21.4. The van der Waals surface area contributed by atoms with Crippen molar-refractivity contribution in [3.05, 3.63) is 57.6 Å². The summed E-state index contributed by atoms with van der Waals surface area (Å²) in [7, 11) is 0. The fourth-order valence-electron chi connectivity index (χ4n) is 4.03. The third kappa shape index (κ3) is 3.25. The molecule has 1 aromatic carbocycles. The summed E-state index contributed by atoms with van der Waals surface area (Å²) in [6, 6.07) is 9.42. The fraction of sp³-hybridized carbons (Fsp3) is 0.364. The number of hydrogen-bond donors (Lipinski definition) is 0. The minimum atomic E-state index is -0.0630. The van der Waals surface area contributed by atoms with Gasteiger partial charge in [0.15, 0.2) is 10.9 Å². The van der Waals surface area contributed by atoms with Crippen LogP contribution in [0, 0.1) is 13.8 Å². The van der Waals surface area contributed by atoms with Crippen LogP contribution in [0.3, 0.4) is 0 Å². The van der Waals surface area contributed by atoms with E-state index in [0.29, 0.717) is 22.9 Å². The van der Waals surface area contributed by atoms with Crippen molar-refractivity contribution < 1.29 is 4.79 Å². The van der Waals surface area contributed by atoms with E-state index in [1.165, 1.54) is 11.8 Å². The van der Waals surface area contributed by atoms with Gasteiger partial charge in [0.1, 0.15) is 0 Å². The Morgan fingerprint density at radius 1 is 1.10 bits per heavy atom. The Kier molecular flexibility index (Phi) is 5.51. The van der Waals surface area contributed by atoms with Crippen molar-refractivity contribution in [2.75, 3.05) is 5.75 Å². The van der Waals surface area contributed by atoms with Gasteiger partial charge in [0.25, 0.3) is 5.56 Å². The normalized spacial score (nSPS) is 11.6. The lowest BCUT2D eigenvalue weighted by Crippen LogP contribution is -2.23. The van der Waals surface area contributed by atoms with Crippen molar-refractivity contribution in [1.82, 2.24) is 23.7 Å². The molecule has 0 aliphatic heterocycles. The molecule has 156 valence electrons.